The molecule has 3 rings (SSSR count). The molecular formula is C16H13F2N3O3. The normalized spacial score (nSPS) is 19.4. The summed E-state index contributed by atoms with van der Waals surface area (Å²) in [5.74, 6) is -4.01. The SMILES string of the molecule is N#C[C@@H]1CC(F)(F)CN1C(=O)CCC(=O)c1cc2ccncc2o1. The van der Waals surface area contributed by atoms with Crippen LogP contribution in [0.3, 0.4) is 0 Å². The van der Waals surface area contributed by atoms with Crippen LogP contribution in [-0.4, -0.2) is 40.1 Å². The first-order chi connectivity index (χ1) is 11.4. The number of hydrogen-bond donors (Lipinski definition) is 0. The second kappa shape index (κ2) is 6.00. The molecular weight excluding hydrogens is 320 g/mol. The minimum atomic E-state index is -3.06. The molecule has 1 aliphatic heterocycles. The largest absolute Gasteiger partial charge is 0.451 e. The van der Waals surface area contributed by atoms with Gasteiger partial charge in [-0.2, -0.15) is 5.26 Å². The van der Waals surface area contributed by atoms with Crippen molar-refractivity contribution in [2.24, 2.45) is 0 Å². The second-order valence-electron chi connectivity index (χ2n) is 5.67. The zero-order valence-corrected chi connectivity index (χ0v) is 12.5. The highest BCUT2D eigenvalue weighted by Crippen LogP contribution is 2.32. The molecule has 3 heterocycles. The summed E-state index contributed by atoms with van der Waals surface area (Å²) in [7, 11) is 0. The van der Waals surface area contributed by atoms with Crippen LogP contribution in [0.25, 0.3) is 11.0 Å². The third kappa shape index (κ3) is 3.11. The zero-order valence-electron chi connectivity index (χ0n) is 12.5. The summed E-state index contributed by atoms with van der Waals surface area (Å²) in [5.41, 5.74) is 0.455. The Balaban J connectivity index is 1.63. The maximum absolute atomic E-state index is 13.3. The van der Waals surface area contributed by atoms with Crippen LogP contribution in [0, 0.1) is 11.3 Å². The average molecular weight is 333 g/mol. The lowest BCUT2D eigenvalue weighted by atomic mass is 10.1. The molecule has 8 heteroatoms. The van der Waals surface area contributed by atoms with Gasteiger partial charge >= 0.3 is 0 Å². The standard InChI is InChI=1S/C16H13F2N3O3/c17-16(18)6-11(7-19)21(9-16)15(23)2-1-12(22)13-5-10-3-4-20-8-14(10)24-13/h3-5,8,11H,1-2,6,9H2/t11-/m0/s1. The van der Waals surface area contributed by atoms with Crippen LogP contribution in [-0.2, 0) is 4.79 Å². The maximum Gasteiger partial charge on any atom is 0.268 e. The number of rotatable bonds is 4. The summed E-state index contributed by atoms with van der Waals surface area (Å²) < 4.78 is 32.0. The van der Waals surface area contributed by atoms with Crippen molar-refractivity contribution in [1.82, 2.24) is 9.88 Å². The molecule has 0 unspecified atom stereocenters. The molecule has 1 fully saturated rings. The average Bonchev–Trinajstić information content (AvgIpc) is 3.12. The van der Waals surface area contributed by atoms with Crippen molar-refractivity contribution in [3.63, 3.8) is 0 Å². The van der Waals surface area contributed by atoms with Gasteiger partial charge in [-0.25, -0.2) is 8.78 Å². The molecule has 0 spiro atoms. The van der Waals surface area contributed by atoms with E-state index in [9.17, 15) is 18.4 Å². The molecule has 0 aromatic carbocycles. The van der Waals surface area contributed by atoms with Gasteiger partial charge in [0.15, 0.2) is 17.1 Å². The molecule has 0 saturated carbocycles. The topological polar surface area (TPSA) is 87.2 Å². The predicted octanol–water partition coefficient (Wildman–Crippen LogP) is 2.55. The fourth-order valence-corrected chi connectivity index (χ4v) is 2.70. The Morgan fingerprint density at radius 1 is 1.46 bits per heavy atom. The van der Waals surface area contributed by atoms with E-state index in [1.54, 1.807) is 24.4 Å². The van der Waals surface area contributed by atoms with E-state index in [4.69, 9.17) is 9.68 Å². The van der Waals surface area contributed by atoms with Crippen molar-refractivity contribution in [2.45, 2.75) is 31.2 Å². The Bertz CT molecular complexity index is 807. The van der Waals surface area contributed by atoms with Gasteiger partial charge in [-0.15, -0.1) is 0 Å². The van der Waals surface area contributed by atoms with E-state index >= 15 is 0 Å². The number of nitrogens with zero attached hydrogens (tertiary/aromatic N) is 3. The molecule has 0 N–H and O–H groups in total. The van der Waals surface area contributed by atoms with Crippen molar-refractivity contribution in [3.05, 3.63) is 30.3 Å². The summed E-state index contributed by atoms with van der Waals surface area (Å²) in [6, 6.07) is 3.78. The molecule has 1 amide bonds. The van der Waals surface area contributed by atoms with E-state index in [1.165, 1.54) is 6.20 Å². The third-order valence-corrected chi connectivity index (χ3v) is 3.90. The fourth-order valence-electron chi connectivity index (χ4n) is 2.70. The van der Waals surface area contributed by atoms with E-state index < -0.39 is 36.6 Å². The Labute approximate surface area is 135 Å². The van der Waals surface area contributed by atoms with Crippen molar-refractivity contribution >= 4 is 22.7 Å². The Morgan fingerprint density at radius 3 is 2.96 bits per heavy atom. The molecule has 1 atom stereocenters. The number of alkyl halides is 2. The molecule has 6 nitrogen and oxygen atoms in total. The maximum atomic E-state index is 13.3. The number of ketones is 1. The molecule has 2 aromatic rings. The molecule has 0 bridgehead atoms. The van der Waals surface area contributed by atoms with Crippen LogP contribution in [0.5, 0.6) is 0 Å². The van der Waals surface area contributed by atoms with Gasteiger partial charge in [0, 0.05) is 30.8 Å². The highest BCUT2D eigenvalue weighted by atomic mass is 19.3. The number of carbonyl (C=O) groups is 2. The first-order valence-corrected chi connectivity index (χ1v) is 7.33. The van der Waals surface area contributed by atoms with Gasteiger partial charge in [-0.1, -0.05) is 0 Å². The van der Waals surface area contributed by atoms with Gasteiger partial charge in [0.1, 0.15) is 6.04 Å². The number of fused-ring (bicyclic) bond motifs is 1. The zero-order chi connectivity index (χ0) is 17.3. The van der Waals surface area contributed by atoms with E-state index in [0.717, 1.165) is 4.90 Å². The Kier molecular flexibility index (Phi) is 4.01. The number of amides is 1. The molecule has 24 heavy (non-hydrogen) atoms. The summed E-state index contributed by atoms with van der Waals surface area (Å²) in [5, 5.41) is 9.60. The summed E-state index contributed by atoms with van der Waals surface area (Å²) in [4.78, 5) is 28.9. The highest BCUT2D eigenvalue weighted by molar-refractivity contribution is 5.99. The minimum absolute atomic E-state index is 0.0920. The van der Waals surface area contributed by atoms with Crippen molar-refractivity contribution in [1.29, 1.82) is 5.26 Å². The smallest absolute Gasteiger partial charge is 0.268 e. The number of hydrogen-bond acceptors (Lipinski definition) is 5. The number of halogens is 2. The number of nitriles is 1. The third-order valence-electron chi connectivity index (χ3n) is 3.90. The Morgan fingerprint density at radius 2 is 2.25 bits per heavy atom. The highest BCUT2D eigenvalue weighted by Gasteiger charge is 2.47. The molecule has 0 radical (unpaired) electrons. The van der Waals surface area contributed by atoms with Crippen LogP contribution < -0.4 is 0 Å². The van der Waals surface area contributed by atoms with E-state index in [-0.39, 0.29) is 18.6 Å². The first kappa shape index (κ1) is 16.1. The summed E-state index contributed by atoms with van der Waals surface area (Å²) in [6.45, 7) is -0.783. The van der Waals surface area contributed by atoms with Crippen LogP contribution >= 0.6 is 0 Å². The van der Waals surface area contributed by atoms with Crippen LogP contribution in [0.1, 0.15) is 29.8 Å². The minimum Gasteiger partial charge on any atom is -0.451 e. The quantitative estimate of drug-likeness (QED) is 0.803. The van der Waals surface area contributed by atoms with Crippen LogP contribution in [0.4, 0.5) is 8.78 Å². The molecule has 0 aliphatic carbocycles. The van der Waals surface area contributed by atoms with Gasteiger partial charge in [-0.05, 0) is 12.1 Å². The summed E-state index contributed by atoms with van der Waals surface area (Å²) >= 11 is 0. The lowest BCUT2D eigenvalue weighted by Crippen LogP contribution is -2.36. The van der Waals surface area contributed by atoms with Gasteiger partial charge in [0.2, 0.25) is 5.91 Å². The Hall–Kier alpha value is -2.82. The number of Topliss-reactive ketones (excluding diaryl/α,β-unsaturated/α-hetero) is 1. The molecule has 124 valence electrons. The van der Waals surface area contributed by atoms with E-state index in [1.807, 2.05) is 0 Å². The van der Waals surface area contributed by atoms with Crippen LogP contribution in [0.15, 0.2) is 28.9 Å². The number of carbonyl (C=O) groups excluding carboxylic acids is 2. The van der Waals surface area contributed by atoms with E-state index in [2.05, 4.69) is 4.98 Å². The predicted molar refractivity (Wildman–Crippen MR) is 78.3 cm³/mol. The lowest BCUT2D eigenvalue weighted by Gasteiger charge is -2.18. The second-order valence-corrected chi connectivity index (χ2v) is 5.67. The number of likely N-dealkylation sites (tertiary alicyclic amines) is 1. The van der Waals surface area contributed by atoms with Gasteiger partial charge < -0.3 is 9.32 Å². The first-order valence-electron chi connectivity index (χ1n) is 7.33. The molecule has 2 aromatic heterocycles. The van der Waals surface area contributed by atoms with Gasteiger partial charge in [0.05, 0.1) is 18.8 Å². The lowest BCUT2D eigenvalue weighted by molar-refractivity contribution is -0.132. The fraction of sp³-hybridized carbons (Fsp3) is 0.375. The molecule has 1 aliphatic rings. The van der Waals surface area contributed by atoms with Crippen molar-refractivity contribution in [3.8, 4) is 6.07 Å². The van der Waals surface area contributed by atoms with E-state index in [0.29, 0.717) is 11.0 Å². The monoisotopic (exact) mass is 333 g/mol. The number of furan rings is 1. The molecule has 1 saturated heterocycles. The van der Waals surface area contributed by atoms with Crippen molar-refractivity contribution in [2.75, 3.05) is 6.54 Å². The van der Waals surface area contributed by atoms with Crippen LogP contribution in [0.2, 0.25) is 0 Å². The van der Waals surface area contributed by atoms with Gasteiger partial charge in [-0.3, -0.25) is 14.6 Å². The van der Waals surface area contributed by atoms with Crippen molar-refractivity contribution < 1.29 is 22.8 Å². The number of aromatic nitrogens is 1. The number of pyridine rings is 1. The van der Waals surface area contributed by atoms with Gasteiger partial charge in [0.25, 0.3) is 5.92 Å². The summed E-state index contributed by atoms with van der Waals surface area (Å²) in [6.07, 6.45) is 1.95.